The smallest absolute Gasteiger partial charge is 0.269 e. The average molecular weight is 336 g/mol. The number of ether oxygens (including phenoxy) is 2. The fourth-order valence-electron chi connectivity index (χ4n) is 2.42. The number of halogens is 1. The van der Waals surface area contributed by atoms with Gasteiger partial charge < -0.3 is 14.6 Å². The van der Waals surface area contributed by atoms with Gasteiger partial charge in [-0.2, -0.15) is 0 Å². The van der Waals surface area contributed by atoms with E-state index in [4.69, 9.17) is 21.1 Å². The van der Waals surface area contributed by atoms with Crippen LogP contribution in [0.3, 0.4) is 0 Å². The molecule has 0 spiro atoms. The maximum absolute atomic E-state index is 10.7. The summed E-state index contributed by atoms with van der Waals surface area (Å²) >= 11 is 5.86. The Morgan fingerprint density at radius 3 is 2.30 bits per heavy atom. The molecule has 1 fully saturated rings. The minimum atomic E-state index is -0.847. The minimum absolute atomic E-state index is 0.00968. The molecule has 7 heteroatoms. The van der Waals surface area contributed by atoms with Crippen molar-refractivity contribution in [1.29, 1.82) is 0 Å². The summed E-state index contributed by atoms with van der Waals surface area (Å²) in [5.74, 6) is 0. The number of aliphatic hydroxyl groups is 1. The highest BCUT2D eigenvalue weighted by molar-refractivity contribution is 6.30. The Morgan fingerprint density at radius 2 is 1.70 bits per heavy atom. The summed E-state index contributed by atoms with van der Waals surface area (Å²) in [5.41, 5.74) is 1.43. The number of hydrogen-bond donors (Lipinski definition) is 1. The van der Waals surface area contributed by atoms with Gasteiger partial charge in [-0.15, -0.1) is 0 Å². The topological polar surface area (TPSA) is 81.8 Å². The van der Waals surface area contributed by atoms with Crippen LogP contribution in [0.15, 0.2) is 48.5 Å². The first kappa shape index (κ1) is 15.9. The molecule has 120 valence electrons. The Balaban J connectivity index is 1.80. The van der Waals surface area contributed by atoms with E-state index >= 15 is 0 Å². The number of nitro groups is 1. The second kappa shape index (κ2) is 6.64. The quantitative estimate of drug-likeness (QED) is 0.686. The molecule has 23 heavy (non-hydrogen) atoms. The van der Waals surface area contributed by atoms with Crippen LogP contribution in [0.5, 0.6) is 0 Å². The molecule has 2 aromatic rings. The molecular weight excluding hydrogens is 322 g/mol. The largest absolute Gasteiger partial charge is 0.388 e. The van der Waals surface area contributed by atoms with Crippen LogP contribution >= 0.6 is 11.6 Å². The van der Waals surface area contributed by atoms with Crippen LogP contribution in [0.1, 0.15) is 23.5 Å². The zero-order chi connectivity index (χ0) is 16.4. The van der Waals surface area contributed by atoms with Crippen molar-refractivity contribution >= 4 is 17.3 Å². The maximum Gasteiger partial charge on any atom is 0.269 e. The minimum Gasteiger partial charge on any atom is -0.388 e. The summed E-state index contributed by atoms with van der Waals surface area (Å²) < 4.78 is 11.3. The van der Waals surface area contributed by atoms with Crippen molar-refractivity contribution in [3.05, 3.63) is 74.8 Å². The predicted octanol–water partition coefficient (Wildman–Crippen LogP) is 3.40. The fraction of sp³-hybridized carbons (Fsp3) is 0.250. The summed E-state index contributed by atoms with van der Waals surface area (Å²) in [4.78, 5) is 10.2. The molecule has 0 bridgehead atoms. The van der Waals surface area contributed by atoms with Crippen molar-refractivity contribution in [2.75, 3.05) is 6.61 Å². The van der Waals surface area contributed by atoms with Crippen LogP contribution < -0.4 is 0 Å². The third-order valence-corrected chi connectivity index (χ3v) is 3.86. The van der Waals surface area contributed by atoms with Crippen molar-refractivity contribution in [3.63, 3.8) is 0 Å². The molecule has 2 aromatic carbocycles. The third kappa shape index (κ3) is 3.51. The highest BCUT2D eigenvalue weighted by Gasteiger charge is 2.32. The van der Waals surface area contributed by atoms with Crippen LogP contribution in [0.4, 0.5) is 5.69 Å². The molecule has 1 aliphatic rings. The van der Waals surface area contributed by atoms with E-state index in [0.717, 1.165) is 5.56 Å². The molecule has 3 atom stereocenters. The number of non-ortho nitro benzene ring substituents is 1. The molecule has 6 nitrogen and oxygen atoms in total. The van der Waals surface area contributed by atoms with Crippen molar-refractivity contribution in [2.24, 2.45) is 0 Å². The summed E-state index contributed by atoms with van der Waals surface area (Å²) in [6.45, 7) is 0.106. The van der Waals surface area contributed by atoms with Crippen molar-refractivity contribution in [1.82, 2.24) is 0 Å². The first-order chi connectivity index (χ1) is 11.0. The first-order valence-electron chi connectivity index (χ1n) is 6.99. The standard InChI is InChI=1S/C16H14ClNO5/c17-12-5-1-11(2-6-12)16-22-9-14(19)15(23-16)10-3-7-13(8-4-10)18(20)21/h1-8,14-16,19H,9H2/t14-,15+,16+/m0/s1. The van der Waals surface area contributed by atoms with Gasteiger partial charge in [0.15, 0.2) is 6.29 Å². The zero-order valence-electron chi connectivity index (χ0n) is 12.0. The lowest BCUT2D eigenvalue weighted by atomic mass is 10.0. The van der Waals surface area contributed by atoms with Gasteiger partial charge in [0.1, 0.15) is 12.2 Å². The van der Waals surface area contributed by atoms with E-state index < -0.39 is 23.4 Å². The maximum atomic E-state index is 10.7. The van der Waals surface area contributed by atoms with Crippen LogP contribution in [0, 0.1) is 10.1 Å². The number of benzene rings is 2. The summed E-state index contributed by atoms with van der Waals surface area (Å²) in [6.07, 6.45) is -2.10. The highest BCUT2D eigenvalue weighted by Crippen LogP contribution is 2.35. The fourth-order valence-corrected chi connectivity index (χ4v) is 2.54. The van der Waals surface area contributed by atoms with Crippen molar-refractivity contribution < 1.29 is 19.5 Å². The third-order valence-electron chi connectivity index (χ3n) is 3.61. The molecule has 1 aliphatic heterocycles. The van der Waals surface area contributed by atoms with Crippen LogP contribution in [-0.2, 0) is 9.47 Å². The molecule has 0 amide bonds. The Hall–Kier alpha value is -1.99. The average Bonchev–Trinajstić information content (AvgIpc) is 2.56. The lowest BCUT2D eigenvalue weighted by Gasteiger charge is -2.34. The predicted molar refractivity (Wildman–Crippen MR) is 83.1 cm³/mol. The summed E-state index contributed by atoms with van der Waals surface area (Å²) in [7, 11) is 0. The highest BCUT2D eigenvalue weighted by atomic mass is 35.5. The van der Waals surface area contributed by atoms with Gasteiger partial charge >= 0.3 is 0 Å². The van der Waals surface area contributed by atoms with E-state index in [1.807, 2.05) is 0 Å². The van der Waals surface area contributed by atoms with E-state index in [-0.39, 0.29) is 12.3 Å². The van der Waals surface area contributed by atoms with E-state index in [0.29, 0.717) is 10.6 Å². The van der Waals surface area contributed by atoms with Crippen LogP contribution in [0.25, 0.3) is 0 Å². The molecule has 0 aliphatic carbocycles. The normalized spacial score (nSPS) is 24.3. The number of hydrogen-bond acceptors (Lipinski definition) is 5. The number of nitro benzene ring substituents is 1. The van der Waals surface area contributed by atoms with Gasteiger partial charge in [0.25, 0.3) is 5.69 Å². The Labute approximate surface area is 137 Å². The Bertz CT molecular complexity index is 689. The van der Waals surface area contributed by atoms with Gasteiger partial charge in [-0.25, -0.2) is 0 Å². The number of aliphatic hydroxyl groups excluding tert-OH is 1. The first-order valence-corrected chi connectivity index (χ1v) is 7.37. The Morgan fingerprint density at radius 1 is 1.09 bits per heavy atom. The van der Waals surface area contributed by atoms with Gasteiger partial charge in [0.2, 0.25) is 0 Å². The molecular formula is C16H14ClNO5. The molecule has 1 heterocycles. The van der Waals surface area contributed by atoms with Crippen LogP contribution in [-0.4, -0.2) is 22.7 Å². The van der Waals surface area contributed by atoms with Gasteiger partial charge in [-0.1, -0.05) is 23.7 Å². The van der Waals surface area contributed by atoms with Gasteiger partial charge in [0.05, 0.1) is 11.5 Å². The molecule has 0 radical (unpaired) electrons. The van der Waals surface area contributed by atoms with E-state index in [2.05, 4.69) is 0 Å². The summed E-state index contributed by atoms with van der Waals surface area (Å²) in [5, 5.41) is 21.4. The molecule has 0 unspecified atom stereocenters. The molecule has 1 N–H and O–H groups in total. The zero-order valence-corrected chi connectivity index (χ0v) is 12.7. The Kier molecular flexibility index (Phi) is 4.58. The van der Waals surface area contributed by atoms with Crippen molar-refractivity contribution in [2.45, 2.75) is 18.5 Å². The van der Waals surface area contributed by atoms with Gasteiger partial charge in [0, 0.05) is 22.7 Å². The van der Waals surface area contributed by atoms with E-state index in [9.17, 15) is 15.2 Å². The van der Waals surface area contributed by atoms with Gasteiger partial charge in [-0.3, -0.25) is 10.1 Å². The lowest BCUT2D eigenvalue weighted by Crippen LogP contribution is -2.34. The van der Waals surface area contributed by atoms with Gasteiger partial charge in [-0.05, 0) is 29.8 Å². The second-order valence-electron chi connectivity index (χ2n) is 5.19. The number of rotatable bonds is 3. The molecule has 0 saturated carbocycles. The van der Waals surface area contributed by atoms with E-state index in [1.165, 1.54) is 12.1 Å². The van der Waals surface area contributed by atoms with Crippen molar-refractivity contribution in [3.8, 4) is 0 Å². The number of nitrogens with zero attached hydrogens (tertiary/aromatic N) is 1. The SMILES string of the molecule is O=[N+]([O-])c1ccc([C@H]2O[C@H](c3ccc(Cl)cc3)OC[C@@H]2O)cc1. The monoisotopic (exact) mass is 335 g/mol. The molecule has 1 saturated heterocycles. The molecule has 0 aromatic heterocycles. The summed E-state index contributed by atoms with van der Waals surface area (Å²) in [6, 6.07) is 13.0. The lowest BCUT2D eigenvalue weighted by molar-refractivity contribution is -0.384. The second-order valence-corrected chi connectivity index (χ2v) is 5.63. The van der Waals surface area contributed by atoms with E-state index in [1.54, 1.807) is 36.4 Å². The van der Waals surface area contributed by atoms with Crippen LogP contribution in [0.2, 0.25) is 5.02 Å². The molecule has 3 rings (SSSR count).